The van der Waals surface area contributed by atoms with Crippen LogP contribution >= 0.6 is 0 Å². The molecule has 1 nitrogen and oxygen atoms in total. The van der Waals surface area contributed by atoms with Crippen LogP contribution in [0.1, 0.15) is 19.4 Å². The molecule has 0 atom stereocenters. The SMILES string of the molecule is CC(C)C(F)(F)Oc1ccc(C(F)(F)F)cc1. The number of halogens is 5. The minimum Gasteiger partial charge on any atom is -0.432 e. The van der Waals surface area contributed by atoms with E-state index in [1.54, 1.807) is 0 Å². The van der Waals surface area contributed by atoms with E-state index in [9.17, 15) is 22.0 Å². The lowest BCUT2D eigenvalue weighted by Crippen LogP contribution is -2.31. The van der Waals surface area contributed by atoms with Crippen molar-refractivity contribution in [3.8, 4) is 5.75 Å². The van der Waals surface area contributed by atoms with Gasteiger partial charge in [-0.05, 0) is 24.3 Å². The van der Waals surface area contributed by atoms with Gasteiger partial charge in [0.15, 0.2) is 0 Å². The molecule has 0 aliphatic rings. The van der Waals surface area contributed by atoms with E-state index in [0.29, 0.717) is 12.1 Å². The molecule has 0 amide bonds. The van der Waals surface area contributed by atoms with Crippen LogP contribution in [0.15, 0.2) is 24.3 Å². The Bertz CT molecular complexity index is 366. The largest absolute Gasteiger partial charge is 0.432 e. The van der Waals surface area contributed by atoms with Gasteiger partial charge >= 0.3 is 12.3 Å². The summed E-state index contributed by atoms with van der Waals surface area (Å²) in [4.78, 5) is 0. The first-order valence-corrected chi connectivity index (χ1v) is 4.87. The quantitative estimate of drug-likeness (QED) is 0.729. The minimum atomic E-state index is -4.49. The molecule has 1 aromatic rings. The van der Waals surface area contributed by atoms with Crippen LogP contribution in [0, 0.1) is 5.92 Å². The average Bonchev–Trinajstić information content (AvgIpc) is 2.16. The molecule has 96 valence electrons. The highest BCUT2D eigenvalue weighted by atomic mass is 19.4. The van der Waals surface area contributed by atoms with E-state index in [4.69, 9.17) is 0 Å². The number of ether oxygens (including phenoxy) is 1. The first kappa shape index (κ1) is 13.7. The number of rotatable bonds is 3. The predicted molar refractivity (Wildman–Crippen MR) is 51.9 cm³/mol. The highest BCUT2D eigenvalue weighted by molar-refractivity contribution is 5.29. The fourth-order valence-corrected chi connectivity index (χ4v) is 0.987. The zero-order valence-electron chi connectivity index (χ0n) is 9.18. The van der Waals surface area contributed by atoms with Crippen molar-refractivity contribution in [2.75, 3.05) is 0 Å². The maximum absolute atomic E-state index is 13.1. The zero-order chi connectivity index (χ0) is 13.3. The molecular weight excluding hydrogens is 243 g/mol. The molecule has 0 radical (unpaired) electrons. The molecule has 0 heterocycles. The van der Waals surface area contributed by atoms with Crippen molar-refractivity contribution < 1.29 is 26.7 Å². The first-order chi connectivity index (χ1) is 7.63. The summed E-state index contributed by atoms with van der Waals surface area (Å²) >= 11 is 0. The molecule has 0 fully saturated rings. The maximum Gasteiger partial charge on any atom is 0.416 e. The summed E-state index contributed by atoms with van der Waals surface area (Å²) in [6.07, 6.45) is -7.89. The molecule has 0 bridgehead atoms. The normalized spacial score (nSPS) is 12.9. The Morgan fingerprint density at radius 1 is 0.941 bits per heavy atom. The van der Waals surface area contributed by atoms with Crippen molar-refractivity contribution in [3.63, 3.8) is 0 Å². The van der Waals surface area contributed by atoms with E-state index in [1.807, 2.05) is 0 Å². The third-order valence-electron chi connectivity index (χ3n) is 2.11. The molecule has 1 rings (SSSR count). The lowest BCUT2D eigenvalue weighted by atomic mass is 10.2. The summed E-state index contributed by atoms with van der Waals surface area (Å²) in [7, 11) is 0. The van der Waals surface area contributed by atoms with E-state index in [-0.39, 0.29) is 5.75 Å². The Hall–Kier alpha value is -1.33. The van der Waals surface area contributed by atoms with Crippen LogP contribution in [0.25, 0.3) is 0 Å². The Labute approximate surface area is 95.2 Å². The molecule has 0 aromatic heterocycles. The molecule has 0 unspecified atom stereocenters. The van der Waals surface area contributed by atoms with Gasteiger partial charge in [-0.3, -0.25) is 0 Å². The first-order valence-electron chi connectivity index (χ1n) is 4.87. The molecule has 6 heteroatoms. The molecule has 0 saturated carbocycles. The second-order valence-corrected chi connectivity index (χ2v) is 3.84. The summed E-state index contributed by atoms with van der Waals surface area (Å²) < 4.78 is 67.2. The van der Waals surface area contributed by atoms with Gasteiger partial charge in [0.2, 0.25) is 0 Å². The van der Waals surface area contributed by atoms with E-state index in [2.05, 4.69) is 4.74 Å². The van der Waals surface area contributed by atoms with Crippen LogP contribution < -0.4 is 4.74 Å². The second-order valence-electron chi connectivity index (χ2n) is 3.84. The van der Waals surface area contributed by atoms with Gasteiger partial charge in [0.25, 0.3) is 0 Å². The van der Waals surface area contributed by atoms with Gasteiger partial charge in [0.05, 0.1) is 11.5 Å². The lowest BCUT2D eigenvalue weighted by Gasteiger charge is -2.21. The van der Waals surface area contributed by atoms with Gasteiger partial charge in [0.1, 0.15) is 5.75 Å². The van der Waals surface area contributed by atoms with E-state index >= 15 is 0 Å². The van der Waals surface area contributed by atoms with Gasteiger partial charge in [-0.15, -0.1) is 0 Å². The number of alkyl halides is 5. The van der Waals surface area contributed by atoms with Gasteiger partial charge in [0, 0.05) is 0 Å². The Morgan fingerprint density at radius 3 is 1.76 bits per heavy atom. The molecule has 0 aliphatic heterocycles. The third kappa shape index (κ3) is 3.57. The highest BCUT2D eigenvalue weighted by Crippen LogP contribution is 2.32. The molecule has 17 heavy (non-hydrogen) atoms. The fourth-order valence-electron chi connectivity index (χ4n) is 0.987. The topological polar surface area (TPSA) is 9.23 Å². The van der Waals surface area contributed by atoms with Crippen LogP contribution in [0.3, 0.4) is 0 Å². The number of hydrogen-bond acceptors (Lipinski definition) is 1. The molecule has 0 spiro atoms. The molecule has 1 aromatic carbocycles. The summed E-state index contributed by atoms with van der Waals surface area (Å²) in [6.45, 7) is 2.51. The van der Waals surface area contributed by atoms with Crippen molar-refractivity contribution in [1.29, 1.82) is 0 Å². The van der Waals surface area contributed by atoms with E-state index in [1.165, 1.54) is 13.8 Å². The summed E-state index contributed by atoms with van der Waals surface area (Å²) in [5.41, 5.74) is -0.905. The number of benzene rings is 1. The van der Waals surface area contributed by atoms with Crippen molar-refractivity contribution >= 4 is 0 Å². The van der Waals surface area contributed by atoms with Crippen LogP contribution in [0.4, 0.5) is 22.0 Å². The smallest absolute Gasteiger partial charge is 0.416 e. The highest BCUT2D eigenvalue weighted by Gasteiger charge is 2.36. The standard InChI is InChI=1S/C11H11F5O/c1-7(2)11(15,16)17-9-5-3-8(4-6-9)10(12,13)14/h3-7H,1-2H3. The van der Waals surface area contributed by atoms with Crippen LogP contribution in [0.2, 0.25) is 0 Å². The van der Waals surface area contributed by atoms with Gasteiger partial charge in [-0.1, -0.05) is 13.8 Å². The average molecular weight is 254 g/mol. The Balaban J connectivity index is 2.83. The summed E-state index contributed by atoms with van der Waals surface area (Å²) in [5.74, 6) is -1.36. The van der Waals surface area contributed by atoms with Crippen molar-refractivity contribution in [2.24, 2.45) is 5.92 Å². The van der Waals surface area contributed by atoms with Gasteiger partial charge < -0.3 is 4.74 Å². The van der Waals surface area contributed by atoms with Crippen molar-refractivity contribution in [2.45, 2.75) is 26.1 Å². The van der Waals surface area contributed by atoms with Crippen molar-refractivity contribution in [1.82, 2.24) is 0 Å². The summed E-state index contributed by atoms with van der Waals surface area (Å²) in [6, 6.07) is 3.15. The maximum atomic E-state index is 13.1. The van der Waals surface area contributed by atoms with Crippen LogP contribution in [-0.4, -0.2) is 6.11 Å². The molecule has 0 saturated heterocycles. The molecule has 0 N–H and O–H groups in total. The Kier molecular flexibility index (Phi) is 3.64. The van der Waals surface area contributed by atoms with Gasteiger partial charge in [-0.25, -0.2) is 0 Å². The third-order valence-corrected chi connectivity index (χ3v) is 2.11. The van der Waals surface area contributed by atoms with Crippen LogP contribution in [0.5, 0.6) is 5.75 Å². The molecular formula is C11H11F5O. The predicted octanol–water partition coefficient (Wildman–Crippen LogP) is 4.33. The summed E-state index contributed by atoms with van der Waals surface area (Å²) in [5, 5.41) is 0. The molecule has 0 aliphatic carbocycles. The second kappa shape index (κ2) is 4.50. The zero-order valence-corrected chi connectivity index (χ0v) is 9.18. The van der Waals surface area contributed by atoms with Crippen LogP contribution in [-0.2, 0) is 6.18 Å². The minimum absolute atomic E-state index is 0.295. The lowest BCUT2D eigenvalue weighted by molar-refractivity contribution is -0.207. The number of hydrogen-bond donors (Lipinski definition) is 0. The van der Waals surface area contributed by atoms with Crippen molar-refractivity contribution in [3.05, 3.63) is 29.8 Å². The van der Waals surface area contributed by atoms with E-state index < -0.39 is 23.8 Å². The monoisotopic (exact) mass is 254 g/mol. The van der Waals surface area contributed by atoms with Gasteiger partial charge in [-0.2, -0.15) is 22.0 Å². The fraction of sp³-hybridized carbons (Fsp3) is 0.455. The Morgan fingerprint density at radius 2 is 1.41 bits per heavy atom. The van der Waals surface area contributed by atoms with E-state index in [0.717, 1.165) is 12.1 Å².